The number of anilines is 2. The first-order valence-electron chi connectivity index (χ1n) is 9.28. The second-order valence-electron chi connectivity index (χ2n) is 7.28. The van der Waals surface area contributed by atoms with Crippen LogP contribution >= 0.6 is 0 Å². The van der Waals surface area contributed by atoms with Gasteiger partial charge in [0, 0.05) is 25.3 Å². The van der Waals surface area contributed by atoms with Crippen LogP contribution in [0.4, 0.5) is 11.5 Å². The van der Waals surface area contributed by atoms with Crippen LogP contribution in [0.3, 0.4) is 0 Å². The lowest BCUT2D eigenvalue weighted by molar-refractivity contribution is 0.442. The summed E-state index contributed by atoms with van der Waals surface area (Å²) in [7, 11) is 0. The molecule has 1 atom stereocenters. The number of aromatic nitrogens is 3. The Morgan fingerprint density at radius 2 is 2.00 bits per heavy atom. The van der Waals surface area contributed by atoms with Crippen molar-refractivity contribution in [1.82, 2.24) is 15.1 Å². The molecule has 1 aliphatic rings. The van der Waals surface area contributed by atoms with Crippen molar-refractivity contribution >= 4 is 22.6 Å². The Balaban J connectivity index is 1.48. The van der Waals surface area contributed by atoms with Crippen molar-refractivity contribution in [3.8, 4) is 0 Å². The largest absolute Gasteiger partial charge is 0.371 e. The first kappa shape index (κ1) is 16.8. The number of hydrogen-bond acceptors (Lipinski definition) is 6. The number of nitrogens with one attached hydrogen (secondary N) is 1. The third-order valence-electron chi connectivity index (χ3n) is 5.04. The summed E-state index contributed by atoms with van der Waals surface area (Å²) in [6, 6.07) is 8.82. The minimum atomic E-state index is 0.534. The Hall–Kier alpha value is -2.63. The molecule has 0 saturated carbocycles. The third kappa shape index (κ3) is 3.36. The molecule has 0 unspecified atom stereocenters. The van der Waals surface area contributed by atoms with Crippen LogP contribution in [0, 0.1) is 19.8 Å². The molecule has 0 bridgehead atoms. The van der Waals surface area contributed by atoms with Crippen LogP contribution < -0.4 is 10.2 Å². The van der Waals surface area contributed by atoms with E-state index in [4.69, 9.17) is 4.52 Å². The smallest absolute Gasteiger partial charge is 0.263 e. The molecule has 26 heavy (non-hydrogen) atoms. The minimum absolute atomic E-state index is 0.534. The van der Waals surface area contributed by atoms with Gasteiger partial charge in [0.15, 0.2) is 0 Å². The lowest BCUT2D eigenvalue weighted by atomic mass is 9.99. The van der Waals surface area contributed by atoms with E-state index in [1.165, 1.54) is 24.1 Å². The second-order valence-corrected chi connectivity index (χ2v) is 7.28. The fourth-order valence-corrected chi connectivity index (χ4v) is 3.66. The molecule has 136 valence electrons. The SMILES string of the molecule is Cc1nc(NCc2ccc(N3CCC[C@H](C)C3)cc2)c2c(C)noc2n1. The summed E-state index contributed by atoms with van der Waals surface area (Å²) >= 11 is 0. The fourth-order valence-electron chi connectivity index (χ4n) is 3.66. The summed E-state index contributed by atoms with van der Waals surface area (Å²) in [5.41, 5.74) is 3.87. The zero-order valence-electron chi connectivity index (χ0n) is 15.6. The van der Waals surface area contributed by atoms with E-state index in [0.29, 0.717) is 18.1 Å². The van der Waals surface area contributed by atoms with Gasteiger partial charge in [-0.1, -0.05) is 24.2 Å². The highest BCUT2D eigenvalue weighted by Crippen LogP contribution is 2.25. The molecular formula is C20H25N5O. The fraction of sp³-hybridized carbons (Fsp3) is 0.450. The van der Waals surface area contributed by atoms with Crippen molar-refractivity contribution < 1.29 is 4.52 Å². The molecule has 6 nitrogen and oxygen atoms in total. The van der Waals surface area contributed by atoms with Gasteiger partial charge < -0.3 is 14.7 Å². The number of hydrogen-bond donors (Lipinski definition) is 1. The summed E-state index contributed by atoms with van der Waals surface area (Å²) in [5.74, 6) is 2.23. The van der Waals surface area contributed by atoms with Crippen LogP contribution in [-0.2, 0) is 6.54 Å². The van der Waals surface area contributed by atoms with E-state index in [0.717, 1.165) is 35.9 Å². The Bertz CT molecular complexity index is 902. The zero-order valence-corrected chi connectivity index (χ0v) is 15.6. The first-order valence-corrected chi connectivity index (χ1v) is 9.28. The standard InChI is InChI=1S/C20H25N5O/c1-13-5-4-10-25(12-13)17-8-6-16(7-9-17)11-21-19-18-14(2)24-26-20(18)23-15(3)22-19/h6-9,13H,4-5,10-12H2,1-3H3,(H,21,22,23)/t13-/m0/s1. The minimum Gasteiger partial charge on any atom is -0.371 e. The summed E-state index contributed by atoms with van der Waals surface area (Å²) in [6.07, 6.45) is 2.62. The molecule has 4 rings (SSSR count). The summed E-state index contributed by atoms with van der Waals surface area (Å²) in [5, 5.41) is 8.27. The van der Waals surface area contributed by atoms with Gasteiger partial charge in [0.25, 0.3) is 5.71 Å². The molecule has 1 N–H and O–H groups in total. The number of nitrogens with zero attached hydrogens (tertiary/aromatic N) is 4. The van der Waals surface area contributed by atoms with E-state index < -0.39 is 0 Å². The second kappa shape index (κ2) is 6.94. The molecule has 0 radical (unpaired) electrons. The van der Waals surface area contributed by atoms with Crippen molar-refractivity contribution in [2.75, 3.05) is 23.3 Å². The molecule has 3 heterocycles. The lowest BCUT2D eigenvalue weighted by Crippen LogP contribution is -2.34. The van der Waals surface area contributed by atoms with Gasteiger partial charge in [-0.15, -0.1) is 0 Å². The molecule has 1 aliphatic heterocycles. The van der Waals surface area contributed by atoms with Gasteiger partial charge >= 0.3 is 0 Å². The molecule has 0 aliphatic carbocycles. The summed E-state index contributed by atoms with van der Waals surface area (Å²) in [4.78, 5) is 11.3. The molecule has 1 saturated heterocycles. The Kier molecular flexibility index (Phi) is 4.49. The highest BCUT2D eigenvalue weighted by atomic mass is 16.5. The number of rotatable bonds is 4. The van der Waals surface area contributed by atoms with E-state index >= 15 is 0 Å². The average Bonchev–Trinajstić information content (AvgIpc) is 3.01. The monoisotopic (exact) mass is 351 g/mol. The van der Waals surface area contributed by atoms with E-state index in [9.17, 15) is 0 Å². The number of fused-ring (bicyclic) bond motifs is 1. The number of aryl methyl sites for hydroxylation is 2. The normalized spacial score (nSPS) is 17.7. The highest BCUT2D eigenvalue weighted by molar-refractivity contribution is 5.87. The van der Waals surface area contributed by atoms with Crippen LogP contribution in [0.5, 0.6) is 0 Å². The number of benzene rings is 1. The first-order chi connectivity index (χ1) is 12.6. The molecule has 0 amide bonds. The molecule has 6 heteroatoms. The lowest BCUT2D eigenvalue weighted by Gasteiger charge is -2.32. The van der Waals surface area contributed by atoms with Crippen molar-refractivity contribution in [2.24, 2.45) is 5.92 Å². The summed E-state index contributed by atoms with van der Waals surface area (Å²) < 4.78 is 5.27. The van der Waals surface area contributed by atoms with Gasteiger partial charge in [0.05, 0.1) is 5.69 Å². The molecule has 0 spiro atoms. The predicted molar refractivity (Wildman–Crippen MR) is 103 cm³/mol. The zero-order chi connectivity index (χ0) is 18.1. The molecule has 1 fully saturated rings. The number of piperidine rings is 1. The van der Waals surface area contributed by atoms with Gasteiger partial charge in [-0.05, 0) is 50.3 Å². The summed E-state index contributed by atoms with van der Waals surface area (Å²) in [6.45, 7) is 9.12. The van der Waals surface area contributed by atoms with Gasteiger partial charge in [-0.25, -0.2) is 4.98 Å². The van der Waals surface area contributed by atoms with Gasteiger partial charge in [-0.2, -0.15) is 4.98 Å². The predicted octanol–water partition coefficient (Wildman–Crippen LogP) is 4.08. The Labute approximate surface area is 153 Å². The van der Waals surface area contributed by atoms with Crippen molar-refractivity contribution in [3.05, 3.63) is 41.3 Å². The van der Waals surface area contributed by atoms with Gasteiger partial charge in [0.2, 0.25) is 0 Å². The maximum atomic E-state index is 5.27. The maximum absolute atomic E-state index is 5.27. The maximum Gasteiger partial charge on any atom is 0.263 e. The third-order valence-corrected chi connectivity index (χ3v) is 5.04. The average molecular weight is 351 g/mol. The van der Waals surface area contributed by atoms with Crippen molar-refractivity contribution in [2.45, 2.75) is 40.2 Å². The quantitative estimate of drug-likeness (QED) is 0.764. The van der Waals surface area contributed by atoms with Crippen LogP contribution in [0.15, 0.2) is 28.8 Å². The molecule has 3 aromatic rings. The van der Waals surface area contributed by atoms with Crippen LogP contribution in [-0.4, -0.2) is 28.2 Å². The molecular weight excluding hydrogens is 326 g/mol. The van der Waals surface area contributed by atoms with Crippen LogP contribution in [0.1, 0.15) is 36.8 Å². The highest BCUT2D eigenvalue weighted by Gasteiger charge is 2.17. The van der Waals surface area contributed by atoms with Crippen LogP contribution in [0.25, 0.3) is 11.1 Å². The van der Waals surface area contributed by atoms with Gasteiger partial charge in [-0.3, -0.25) is 0 Å². The van der Waals surface area contributed by atoms with Crippen molar-refractivity contribution in [3.63, 3.8) is 0 Å². The van der Waals surface area contributed by atoms with Crippen LogP contribution in [0.2, 0.25) is 0 Å². The van der Waals surface area contributed by atoms with E-state index in [-0.39, 0.29) is 0 Å². The van der Waals surface area contributed by atoms with Crippen molar-refractivity contribution in [1.29, 1.82) is 0 Å². The van der Waals surface area contributed by atoms with E-state index in [1.807, 2.05) is 13.8 Å². The van der Waals surface area contributed by atoms with Gasteiger partial charge in [0.1, 0.15) is 17.0 Å². The van der Waals surface area contributed by atoms with E-state index in [1.54, 1.807) is 0 Å². The molecule has 2 aromatic heterocycles. The molecule has 1 aromatic carbocycles. The Morgan fingerprint density at radius 1 is 1.19 bits per heavy atom. The van der Waals surface area contributed by atoms with E-state index in [2.05, 4.69) is 56.5 Å². The Morgan fingerprint density at radius 3 is 2.77 bits per heavy atom. The topological polar surface area (TPSA) is 67.1 Å².